The van der Waals surface area contributed by atoms with Crippen LogP contribution in [0.15, 0.2) is 0 Å². The van der Waals surface area contributed by atoms with Gasteiger partial charge in [-0.3, -0.25) is 4.79 Å². The fourth-order valence-corrected chi connectivity index (χ4v) is 1.38. The number of carbonyl (C=O) groups is 1. The van der Waals surface area contributed by atoms with E-state index < -0.39 is 0 Å². The van der Waals surface area contributed by atoms with Gasteiger partial charge >= 0.3 is 0 Å². The van der Waals surface area contributed by atoms with E-state index in [1.54, 1.807) is 4.68 Å². The maximum absolute atomic E-state index is 11.3. The van der Waals surface area contributed by atoms with E-state index in [0.717, 1.165) is 6.42 Å². The molecule has 5 heteroatoms. The molecule has 0 aliphatic carbocycles. The van der Waals surface area contributed by atoms with E-state index in [9.17, 15) is 4.79 Å². The molecule has 1 rings (SSSR count). The molecule has 0 aliphatic rings. The summed E-state index contributed by atoms with van der Waals surface area (Å²) >= 11 is 0. The van der Waals surface area contributed by atoms with E-state index >= 15 is 0 Å². The van der Waals surface area contributed by atoms with Gasteiger partial charge in [0, 0.05) is 26.5 Å². The van der Waals surface area contributed by atoms with Crippen LogP contribution in [-0.4, -0.2) is 32.5 Å². The van der Waals surface area contributed by atoms with Crippen LogP contribution in [-0.2, 0) is 13.0 Å². The molecule has 0 spiro atoms. The highest BCUT2D eigenvalue weighted by Crippen LogP contribution is 2.07. The van der Waals surface area contributed by atoms with Gasteiger partial charge in [0.25, 0.3) is 0 Å². The first-order valence-electron chi connectivity index (χ1n) is 4.74. The second-order valence-electron chi connectivity index (χ2n) is 3.14. The molecule has 14 heavy (non-hydrogen) atoms. The summed E-state index contributed by atoms with van der Waals surface area (Å²) in [5, 5.41) is 16.5. The predicted molar refractivity (Wildman–Crippen MR) is 51.1 cm³/mol. The first-order chi connectivity index (χ1) is 6.70. The van der Waals surface area contributed by atoms with Crippen LogP contribution in [0.1, 0.15) is 36.5 Å². The smallest absolute Gasteiger partial charge is 0.179 e. The van der Waals surface area contributed by atoms with Crippen molar-refractivity contribution >= 4 is 5.78 Å². The summed E-state index contributed by atoms with van der Waals surface area (Å²) in [4.78, 5) is 11.3. The number of aliphatic hydroxyl groups is 1. The van der Waals surface area contributed by atoms with Crippen molar-refractivity contribution in [2.24, 2.45) is 0 Å². The molecule has 1 heterocycles. The molecule has 1 aromatic rings. The Labute approximate surface area is 82.7 Å². The maximum Gasteiger partial charge on any atom is 0.179 e. The van der Waals surface area contributed by atoms with Gasteiger partial charge in [0.15, 0.2) is 5.78 Å². The molecule has 0 atom stereocenters. The average molecular weight is 197 g/mol. The standard InChI is InChI=1S/C9H15N3O2/c1-3-5-12-9(7(2)14)8(4-6-13)10-11-12/h13H,3-6H2,1-2H3. The van der Waals surface area contributed by atoms with Gasteiger partial charge in [0.2, 0.25) is 0 Å². The lowest BCUT2D eigenvalue weighted by atomic mass is 10.2. The van der Waals surface area contributed by atoms with E-state index in [0.29, 0.717) is 24.4 Å². The van der Waals surface area contributed by atoms with Gasteiger partial charge in [-0.1, -0.05) is 12.1 Å². The van der Waals surface area contributed by atoms with E-state index in [-0.39, 0.29) is 12.4 Å². The van der Waals surface area contributed by atoms with Crippen LogP contribution in [0.2, 0.25) is 0 Å². The number of hydrogen-bond acceptors (Lipinski definition) is 4. The molecule has 78 valence electrons. The van der Waals surface area contributed by atoms with Crippen molar-refractivity contribution in [3.8, 4) is 0 Å². The molecule has 1 N–H and O–H groups in total. The Bertz CT molecular complexity index is 296. The molecule has 1 aromatic heterocycles. The summed E-state index contributed by atoms with van der Waals surface area (Å²) in [6, 6.07) is 0. The molecule has 0 radical (unpaired) electrons. The first kappa shape index (κ1) is 10.8. The second-order valence-corrected chi connectivity index (χ2v) is 3.14. The molecular formula is C9H15N3O2. The van der Waals surface area contributed by atoms with Crippen LogP contribution < -0.4 is 0 Å². The number of aromatic nitrogens is 3. The summed E-state index contributed by atoms with van der Waals surface area (Å²) in [5.74, 6) is -0.0492. The van der Waals surface area contributed by atoms with Crippen molar-refractivity contribution < 1.29 is 9.90 Å². The van der Waals surface area contributed by atoms with Crippen molar-refractivity contribution in [1.82, 2.24) is 15.0 Å². The molecule has 0 saturated heterocycles. The van der Waals surface area contributed by atoms with E-state index in [1.807, 2.05) is 6.92 Å². The Morgan fingerprint density at radius 3 is 2.79 bits per heavy atom. The normalized spacial score (nSPS) is 10.5. The lowest BCUT2D eigenvalue weighted by Crippen LogP contribution is -2.10. The number of aliphatic hydroxyl groups excluding tert-OH is 1. The lowest BCUT2D eigenvalue weighted by Gasteiger charge is -2.02. The van der Waals surface area contributed by atoms with Crippen LogP contribution >= 0.6 is 0 Å². The van der Waals surface area contributed by atoms with Crippen molar-refractivity contribution in [3.05, 3.63) is 11.4 Å². The summed E-state index contributed by atoms with van der Waals surface area (Å²) in [5.41, 5.74) is 1.12. The SMILES string of the molecule is CCCn1nnc(CCO)c1C(C)=O. The quantitative estimate of drug-likeness (QED) is 0.695. The minimum atomic E-state index is -0.0492. The molecular weight excluding hydrogens is 182 g/mol. The second kappa shape index (κ2) is 4.85. The molecule has 0 amide bonds. The van der Waals surface area contributed by atoms with E-state index in [1.165, 1.54) is 6.92 Å². The number of nitrogens with zero attached hydrogens (tertiary/aromatic N) is 3. The summed E-state index contributed by atoms with van der Waals surface area (Å²) in [7, 11) is 0. The Morgan fingerprint density at radius 1 is 1.57 bits per heavy atom. The van der Waals surface area contributed by atoms with E-state index in [4.69, 9.17) is 5.11 Å². The van der Waals surface area contributed by atoms with Crippen molar-refractivity contribution in [1.29, 1.82) is 0 Å². The molecule has 0 fully saturated rings. The van der Waals surface area contributed by atoms with E-state index in [2.05, 4.69) is 10.3 Å². The average Bonchev–Trinajstić information content (AvgIpc) is 2.49. The Hall–Kier alpha value is -1.23. The molecule has 0 saturated carbocycles. The van der Waals surface area contributed by atoms with Gasteiger partial charge in [-0.15, -0.1) is 5.10 Å². The van der Waals surface area contributed by atoms with Gasteiger partial charge in [-0.25, -0.2) is 4.68 Å². The third kappa shape index (κ3) is 2.17. The fraction of sp³-hybridized carbons (Fsp3) is 0.667. The van der Waals surface area contributed by atoms with Crippen LogP contribution in [0, 0.1) is 0 Å². The largest absolute Gasteiger partial charge is 0.396 e. The summed E-state index contributed by atoms with van der Waals surface area (Å²) in [6.45, 7) is 4.18. The molecule has 0 unspecified atom stereocenters. The van der Waals surface area contributed by atoms with Gasteiger partial charge in [0.05, 0.1) is 5.69 Å². The minimum absolute atomic E-state index is 0.00883. The molecule has 5 nitrogen and oxygen atoms in total. The highest BCUT2D eigenvalue weighted by atomic mass is 16.3. The maximum atomic E-state index is 11.3. The number of hydrogen-bond donors (Lipinski definition) is 1. The van der Waals surface area contributed by atoms with Crippen LogP contribution in [0.4, 0.5) is 0 Å². The zero-order valence-electron chi connectivity index (χ0n) is 8.53. The Morgan fingerprint density at radius 2 is 2.29 bits per heavy atom. The number of aryl methyl sites for hydroxylation is 1. The monoisotopic (exact) mass is 197 g/mol. The van der Waals surface area contributed by atoms with Crippen LogP contribution in [0.3, 0.4) is 0 Å². The summed E-state index contributed by atoms with van der Waals surface area (Å²) in [6.07, 6.45) is 1.29. The number of carbonyl (C=O) groups excluding carboxylic acids is 1. The van der Waals surface area contributed by atoms with Gasteiger partial charge in [-0.05, 0) is 6.42 Å². The molecule has 0 bridgehead atoms. The van der Waals surface area contributed by atoms with Gasteiger partial charge < -0.3 is 5.11 Å². The van der Waals surface area contributed by atoms with Gasteiger partial charge in [0.1, 0.15) is 5.69 Å². The van der Waals surface area contributed by atoms with Gasteiger partial charge in [-0.2, -0.15) is 0 Å². The van der Waals surface area contributed by atoms with Crippen molar-refractivity contribution in [2.45, 2.75) is 33.2 Å². The first-order valence-corrected chi connectivity index (χ1v) is 4.74. The molecule has 0 aromatic carbocycles. The number of Topliss-reactive ketones (excluding diaryl/α,β-unsaturated/α-hetero) is 1. The fourth-order valence-electron chi connectivity index (χ4n) is 1.38. The predicted octanol–water partition coefficient (Wildman–Crippen LogP) is 0.426. The highest BCUT2D eigenvalue weighted by molar-refractivity contribution is 5.93. The topological polar surface area (TPSA) is 68.0 Å². The summed E-state index contributed by atoms with van der Waals surface area (Å²) < 4.78 is 1.60. The zero-order valence-corrected chi connectivity index (χ0v) is 8.53. The highest BCUT2D eigenvalue weighted by Gasteiger charge is 2.15. The van der Waals surface area contributed by atoms with Crippen molar-refractivity contribution in [2.75, 3.05) is 6.61 Å². The number of rotatable bonds is 5. The zero-order chi connectivity index (χ0) is 10.6. The third-order valence-electron chi connectivity index (χ3n) is 1.92. The molecule has 0 aliphatic heterocycles. The Balaban J connectivity index is 3.00. The van der Waals surface area contributed by atoms with Crippen LogP contribution in [0.5, 0.6) is 0 Å². The third-order valence-corrected chi connectivity index (χ3v) is 1.92. The Kier molecular flexibility index (Phi) is 3.76. The minimum Gasteiger partial charge on any atom is -0.396 e. The number of ketones is 1. The van der Waals surface area contributed by atoms with Crippen molar-refractivity contribution in [3.63, 3.8) is 0 Å². The van der Waals surface area contributed by atoms with Crippen LogP contribution in [0.25, 0.3) is 0 Å². The lowest BCUT2D eigenvalue weighted by molar-refractivity contribution is 0.100.